The van der Waals surface area contributed by atoms with Crippen molar-refractivity contribution in [1.29, 1.82) is 0 Å². The Balaban J connectivity index is 2.46. The predicted molar refractivity (Wildman–Crippen MR) is 45.9 cm³/mol. The molecule has 0 aliphatic rings. The van der Waals surface area contributed by atoms with E-state index in [1.165, 1.54) is 0 Å². The number of alkyl halides is 3. The van der Waals surface area contributed by atoms with E-state index >= 15 is 0 Å². The maximum atomic E-state index is 11.6. The van der Waals surface area contributed by atoms with Crippen LogP contribution >= 0.6 is 0 Å². The lowest BCUT2D eigenvalue weighted by molar-refractivity contribution is -0.159. The summed E-state index contributed by atoms with van der Waals surface area (Å²) in [6.45, 7) is -1.69. The van der Waals surface area contributed by atoms with E-state index in [9.17, 15) is 22.8 Å². The van der Waals surface area contributed by atoms with Gasteiger partial charge in [-0.2, -0.15) is 18.3 Å². The average Bonchev–Trinajstić information content (AvgIpc) is 2.18. The van der Waals surface area contributed by atoms with Gasteiger partial charge in [-0.05, 0) is 6.07 Å². The molecule has 0 atom stereocenters. The zero-order valence-electron chi connectivity index (χ0n) is 7.67. The van der Waals surface area contributed by atoms with Gasteiger partial charge in [0, 0.05) is 6.07 Å². The molecule has 0 fully saturated rings. The second-order valence-electron chi connectivity index (χ2n) is 2.62. The number of nitrogens with zero attached hydrogens (tertiary/aromatic N) is 1. The maximum absolute atomic E-state index is 11.6. The summed E-state index contributed by atoms with van der Waals surface area (Å²) in [5.41, 5.74) is -0.505. The summed E-state index contributed by atoms with van der Waals surface area (Å²) in [6, 6.07) is 2.17. The van der Waals surface area contributed by atoms with Gasteiger partial charge in [0.2, 0.25) is 0 Å². The molecule has 1 amide bonds. The third-order valence-electron chi connectivity index (χ3n) is 1.28. The van der Waals surface area contributed by atoms with Crippen molar-refractivity contribution in [3.63, 3.8) is 0 Å². The molecule has 0 radical (unpaired) electrons. The lowest BCUT2D eigenvalue weighted by atomic mass is 10.5. The topological polar surface area (TPSA) is 84.1 Å². The predicted octanol–water partition coefficient (Wildman–Crippen LogP) is 0.881. The van der Waals surface area contributed by atoms with Gasteiger partial charge in [-0.1, -0.05) is 0 Å². The summed E-state index contributed by atoms with van der Waals surface area (Å²) in [4.78, 5) is 21.3. The number of anilines is 1. The molecule has 9 heteroatoms. The lowest BCUT2D eigenvalue weighted by Gasteiger charge is -2.07. The first-order valence-corrected chi connectivity index (χ1v) is 3.93. The van der Waals surface area contributed by atoms with Crippen molar-refractivity contribution in [1.82, 2.24) is 10.2 Å². The zero-order chi connectivity index (χ0) is 12.2. The third-order valence-corrected chi connectivity index (χ3v) is 1.28. The first kappa shape index (κ1) is 12.0. The number of rotatable bonds is 2. The lowest BCUT2D eigenvalue weighted by Crippen LogP contribution is -2.24. The molecule has 0 aliphatic carbocycles. The van der Waals surface area contributed by atoms with E-state index < -0.39 is 24.4 Å². The Morgan fingerprint density at radius 2 is 2.19 bits per heavy atom. The summed E-state index contributed by atoms with van der Waals surface area (Å²) in [6.07, 6.45) is -5.90. The van der Waals surface area contributed by atoms with Crippen LogP contribution in [0.4, 0.5) is 23.8 Å². The Morgan fingerprint density at radius 3 is 2.69 bits per heavy atom. The van der Waals surface area contributed by atoms with E-state index in [1.807, 2.05) is 10.4 Å². The van der Waals surface area contributed by atoms with Gasteiger partial charge in [-0.15, -0.1) is 0 Å². The SMILES string of the molecule is O=C(Nc1ccc(=O)[nH]n1)OCC(F)(F)F. The van der Waals surface area contributed by atoms with Gasteiger partial charge >= 0.3 is 12.3 Å². The van der Waals surface area contributed by atoms with Crippen molar-refractivity contribution in [2.75, 3.05) is 11.9 Å². The second kappa shape index (κ2) is 4.64. The van der Waals surface area contributed by atoms with E-state index in [2.05, 4.69) is 9.84 Å². The standard InChI is InChI=1S/C7H6F3N3O3/c8-7(9,10)3-16-6(15)11-4-1-2-5(14)13-12-4/h1-2H,3H2,(H,13,14)(H,11,12,15). The number of carbonyl (C=O) groups is 1. The van der Waals surface area contributed by atoms with Crippen LogP contribution < -0.4 is 10.9 Å². The van der Waals surface area contributed by atoms with Crippen molar-refractivity contribution in [3.05, 3.63) is 22.5 Å². The molecule has 0 unspecified atom stereocenters. The molecule has 6 nitrogen and oxygen atoms in total. The molecule has 1 aromatic rings. The summed E-state index contributed by atoms with van der Waals surface area (Å²) in [5.74, 6) is -0.119. The molecule has 0 spiro atoms. The van der Waals surface area contributed by atoms with Crippen LogP contribution in [0.15, 0.2) is 16.9 Å². The molecule has 0 saturated heterocycles. The van der Waals surface area contributed by atoms with Crippen molar-refractivity contribution >= 4 is 11.9 Å². The van der Waals surface area contributed by atoms with Crippen LogP contribution in [-0.2, 0) is 4.74 Å². The largest absolute Gasteiger partial charge is 0.440 e. The van der Waals surface area contributed by atoms with Crippen molar-refractivity contribution < 1.29 is 22.7 Å². The summed E-state index contributed by atoms with van der Waals surface area (Å²) >= 11 is 0. The molecule has 16 heavy (non-hydrogen) atoms. The fraction of sp³-hybridized carbons (Fsp3) is 0.286. The van der Waals surface area contributed by atoms with Gasteiger partial charge in [0.25, 0.3) is 5.56 Å². The van der Waals surface area contributed by atoms with Crippen molar-refractivity contribution in [2.24, 2.45) is 0 Å². The molecule has 88 valence electrons. The van der Waals surface area contributed by atoms with Gasteiger partial charge in [0.15, 0.2) is 12.4 Å². The smallest absolute Gasteiger partial charge is 0.422 e. The van der Waals surface area contributed by atoms with E-state index in [4.69, 9.17) is 0 Å². The molecular weight excluding hydrogens is 231 g/mol. The zero-order valence-corrected chi connectivity index (χ0v) is 7.67. The molecule has 2 N–H and O–H groups in total. The van der Waals surface area contributed by atoms with Crippen LogP contribution in [0, 0.1) is 0 Å². The van der Waals surface area contributed by atoms with Gasteiger partial charge in [0.1, 0.15) is 0 Å². The Hall–Kier alpha value is -2.06. The fourth-order valence-electron chi connectivity index (χ4n) is 0.702. The van der Waals surface area contributed by atoms with Crippen molar-refractivity contribution in [2.45, 2.75) is 6.18 Å². The molecular formula is C7H6F3N3O3. The molecule has 0 aliphatic heterocycles. The Morgan fingerprint density at radius 1 is 1.50 bits per heavy atom. The van der Waals surface area contributed by atoms with Crippen LogP contribution in [-0.4, -0.2) is 29.1 Å². The first-order chi connectivity index (χ1) is 7.37. The first-order valence-electron chi connectivity index (χ1n) is 3.93. The highest BCUT2D eigenvalue weighted by Crippen LogP contribution is 2.14. The number of hydrogen-bond donors (Lipinski definition) is 2. The highest BCUT2D eigenvalue weighted by molar-refractivity contribution is 5.83. The number of hydrogen-bond acceptors (Lipinski definition) is 4. The molecule has 1 rings (SSSR count). The van der Waals surface area contributed by atoms with Crippen LogP contribution in [0.25, 0.3) is 0 Å². The maximum Gasteiger partial charge on any atom is 0.422 e. The van der Waals surface area contributed by atoms with E-state index in [1.54, 1.807) is 0 Å². The van der Waals surface area contributed by atoms with Gasteiger partial charge in [-0.25, -0.2) is 9.89 Å². The highest BCUT2D eigenvalue weighted by atomic mass is 19.4. The van der Waals surface area contributed by atoms with E-state index in [-0.39, 0.29) is 5.82 Å². The van der Waals surface area contributed by atoms with E-state index in [0.29, 0.717) is 0 Å². The summed E-state index contributed by atoms with van der Waals surface area (Å²) in [5, 5.41) is 7.21. The Bertz CT molecular complexity index is 408. The number of carbonyl (C=O) groups excluding carboxylic acids is 1. The molecule has 1 aromatic heterocycles. The molecule has 0 bridgehead atoms. The summed E-state index contributed by atoms with van der Waals surface area (Å²) in [7, 11) is 0. The van der Waals surface area contributed by atoms with Gasteiger partial charge in [-0.3, -0.25) is 10.1 Å². The number of nitrogens with one attached hydrogen (secondary N) is 2. The number of amides is 1. The monoisotopic (exact) mass is 237 g/mol. The minimum atomic E-state index is -4.59. The van der Waals surface area contributed by atoms with Crippen LogP contribution in [0.1, 0.15) is 0 Å². The number of aromatic amines is 1. The highest BCUT2D eigenvalue weighted by Gasteiger charge is 2.29. The fourth-order valence-corrected chi connectivity index (χ4v) is 0.702. The molecule has 0 aromatic carbocycles. The van der Waals surface area contributed by atoms with Crippen LogP contribution in [0.2, 0.25) is 0 Å². The van der Waals surface area contributed by atoms with Crippen LogP contribution in [0.5, 0.6) is 0 Å². The number of halogens is 3. The molecule has 1 heterocycles. The Labute approximate surface area is 86.4 Å². The minimum Gasteiger partial charge on any atom is -0.440 e. The third kappa shape index (κ3) is 4.44. The number of H-pyrrole nitrogens is 1. The van der Waals surface area contributed by atoms with Crippen LogP contribution in [0.3, 0.4) is 0 Å². The normalized spacial score (nSPS) is 10.9. The Kier molecular flexibility index (Phi) is 3.48. The molecule has 0 saturated carbocycles. The average molecular weight is 237 g/mol. The minimum absolute atomic E-state index is 0.119. The number of ether oxygens (including phenoxy) is 1. The quantitative estimate of drug-likeness (QED) is 0.799. The van der Waals surface area contributed by atoms with Gasteiger partial charge in [0.05, 0.1) is 0 Å². The van der Waals surface area contributed by atoms with Gasteiger partial charge < -0.3 is 4.74 Å². The number of aromatic nitrogens is 2. The van der Waals surface area contributed by atoms with Crippen molar-refractivity contribution in [3.8, 4) is 0 Å². The van der Waals surface area contributed by atoms with E-state index in [0.717, 1.165) is 12.1 Å². The summed E-state index contributed by atoms with van der Waals surface area (Å²) < 4.78 is 38.8. The second-order valence-corrected chi connectivity index (χ2v) is 2.62.